The molecule has 1 rings (SSSR count). The average Bonchev–Trinajstić information content (AvgIpc) is 1.93. The lowest BCUT2D eigenvalue weighted by Crippen LogP contribution is -2.03. The molecule has 0 aliphatic carbocycles. The maximum absolute atomic E-state index is 10.5. The zero-order chi connectivity index (χ0) is 10.1. The Balaban J connectivity index is 2.97. The summed E-state index contributed by atoms with van der Waals surface area (Å²) in [5, 5.41) is 0. The van der Waals surface area contributed by atoms with Crippen molar-refractivity contribution in [2.24, 2.45) is 0 Å². The van der Waals surface area contributed by atoms with E-state index >= 15 is 0 Å². The molecule has 0 saturated heterocycles. The Morgan fingerprint density at radius 3 is 2.54 bits per heavy atom. The van der Waals surface area contributed by atoms with E-state index in [-0.39, 0.29) is 5.75 Å². The van der Waals surface area contributed by atoms with Crippen LogP contribution in [0.1, 0.15) is 5.56 Å². The van der Waals surface area contributed by atoms with Crippen LogP contribution in [-0.4, -0.2) is 17.6 Å². The zero-order valence-corrected chi connectivity index (χ0v) is 7.86. The fourth-order valence-electron chi connectivity index (χ4n) is 0.903. The highest BCUT2D eigenvalue weighted by atomic mass is 31.2. The summed E-state index contributed by atoms with van der Waals surface area (Å²) < 4.78 is 14.9. The summed E-state index contributed by atoms with van der Waals surface area (Å²) in [5.41, 5.74) is 1.11. The minimum Gasteiger partial charge on any atom is -0.404 e. The van der Waals surface area contributed by atoms with Gasteiger partial charge in [0.05, 0.1) is 0 Å². The molecule has 4 nitrogen and oxygen atoms in total. The van der Waals surface area contributed by atoms with Crippen molar-refractivity contribution in [2.75, 3.05) is 0 Å². The van der Waals surface area contributed by atoms with Gasteiger partial charge in [-0.2, -0.15) is 0 Å². The Morgan fingerprint density at radius 2 is 2.08 bits per heavy atom. The van der Waals surface area contributed by atoms with Gasteiger partial charge in [0.1, 0.15) is 13.6 Å². The molecular weight excluding hydrogens is 190 g/mol. The van der Waals surface area contributed by atoms with Gasteiger partial charge in [0.25, 0.3) is 0 Å². The van der Waals surface area contributed by atoms with Crippen molar-refractivity contribution < 1.29 is 18.9 Å². The second-order valence-corrected chi connectivity index (χ2v) is 3.77. The lowest BCUT2D eigenvalue weighted by molar-refractivity contribution is 0.282. The van der Waals surface area contributed by atoms with Crippen molar-refractivity contribution in [1.29, 1.82) is 0 Å². The van der Waals surface area contributed by atoms with Crippen LogP contribution in [0.2, 0.25) is 0 Å². The predicted octanol–water partition coefficient (Wildman–Crippen LogP) is 0.260. The topological polar surface area (TPSA) is 66.8 Å². The Labute approximate surface area is 77.2 Å². The summed E-state index contributed by atoms with van der Waals surface area (Å²) in [6.45, 7) is 1.65. The van der Waals surface area contributed by atoms with Gasteiger partial charge in [-0.15, -0.1) is 0 Å². The van der Waals surface area contributed by atoms with Crippen LogP contribution in [0.5, 0.6) is 5.75 Å². The number of phosphoric ester groups is 1. The fourth-order valence-corrected chi connectivity index (χ4v) is 1.36. The molecule has 6 heteroatoms. The molecule has 68 valence electrons. The van der Waals surface area contributed by atoms with E-state index in [4.69, 9.17) is 17.6 Å². The third-order valence-corrected chi connectivity index (χ3v) is 1.85. The summed E-state index contributed by atoms with van der Waals surface area (Å²) in [7, 11) is 0.971. The van der Waals surface area contributed by atoms with Gasteiger partial charge in [-0.25, -0.2) is 4.57 Å². The molecule has 0 aliphatic heterocycles. The van der Waals surface area contributed by atoms with Crippen molar-refractivity contribution in [1.82, 2.24) is 0 Å². The number of hydrogen-bond donors (Lipinski definition) is 2. The van der Waals surface area contributed by atoms with E-state index < -0.39 is 7.82 Å². The number of rotatable bonds is 2. The highest BCUT2D eigenvalue weighted by Crippen LogP contribution is 2.38. The Hall–Kier alpha value is -0.765. The van der Waals surface area contributed by atoms with Gasteiger partial charge in [-0.1, -0.05) is 17.6 Å². The molecule has 2 radical (unpaired) electrons. The molecule has 13 heavy (non-hydrogen) atoms. The highest BCUT2D eigenvalue weighted by Gasteiger charge is 2.16. The molecule has 0 aliphatic rings. The molecule has 0 fully saturated rings. The summed E-state index contributed by atoms with van der Waals surface area (Å²) in [4.78, 5) is 17.0. The van der Waals surface area contributed by atoms with Crippen LogP contribution in [0.25, 0.3) is 0 Å². The van der Waals surface area contributed by atoms with Crippen LogP contribution < -0.4 is 9.99 Å². The second-order valence-electron chi connectivity index (χ2n) is 2.61. The largest absolute Gasteiger partial charge is 0.524 e. The molecule has 0 atom stereocenters. The summed E-state index contributed by atoms with van der Waals surface area (Å²) >= 11 is 0. The summed E-state index contributed by atoms with van der Waals surface area (Å²) in [6.07, 6.45) is 0. The lowest BCUT2D eigenvalue weighted by atomic mass is 9.94. The standard InChI is InChI=1S/C7H8BO4P/c1-5-4-6(8)2-3-7(5)12-13(9,10)11/h2-4H,1H3,(H2,9,10,11). The van der Waals surface area contributed by atoms with Gasteiger partial charge >= 0.3 is 7.82 Å². The molecule has 2 N–H and O–H groups in total. The maximum Gasteiger partial charge on any atom is 0.524 e. The van der Waals surface area contributed by atoms with E-state index in [1.54, 1.807) is 13.0 Å². The van der Waals surface area contributed by atoms with E-state index in [0.29, 0.717) is 11.0 Å². The lowest BCUT2D eigenvalue weighted by Gasteiger charge is -2.09. The van der Waals surface area contributed by atoms with Gasteiger partial charge in [0, 0.05) is 0 Å². The average molecular weight is 198 g/mol. The van der Waals surface area contributed by atoms with E-state index in [1.165, 1.54) is 12.1 Å². The summed E-state index contributed by atoms with van der Waals surface area (Å²) in [6, 6.07) is 4.51. The molecule has 1 aromatic rings. The quantitative estimate of drug-likeness (QED) is 0.528. The molecule has 0 bridgehead atoms. The van der Waals surface area contributed by atoms with Crippen LogP contribution in [-0.2, 0) is 4.57 Å². The van der Waals surface area contributed by atoms with Gasteiger partial charge in [-0.05, 0) is 18.6 Å². The number of aryl methyl sites for hydroxylation is 1. The smallest absolute Gasteiger partial charge is 0.404 e. The van der Waals surface area contributed by atoms with Crippen molar-refractivity contribution >= 4 is 21.1 Å². The first-order chi connectivity index (χ1) is 5.88. The third-order valence-electron chi connectivity index (χ3n) is 1.42. The Bertz CT molecular complexity index is 360. The van der Waals surface area contributed by atoms with Crippen molar-refractivity contribution in [2.45, 2.75) is 6.92 Å². The molecule has 0 aromatic heterocycles. The van der Waals surface area contributed by atoms with E-state index in [1.807, 2.05) is 0 Å². The minimum atomic E-state index is -4.47. The fraction of sp³-hybridized carbons (Fsp3) is 0.143. The van der Waals surface area contributed by atoms with Crippen LogP contribution in [0.3, 0.4) is 0 Å². The van der Waals surface area contributed by atoms with Crippen molar-refractivity contribution in [3.63, 3.8) is 0 Å². The number of phosphoric acid groups is 1. The first kappa shape index (κ1) is 10.3. The van der Waals surface area contributed by atoms with Crippen molar-refractivity contribution in [3.05, 3.63) is 23.8 Å². The van der Waals surface area contributed by atoms with Gasteiger partial charge in [0.15, 0.2) is 0 Å². The first-order valence-electron chi connectivity index (χ1n) is 3.50. The van der Waals surface area contributed by atoms with Crippen LogP contribution >= 0.6 is 7.82 Å². The predicted molar refractivity (Wildman–Crippen MR) is 49.2 cm³/mol. The maximum atomic E-state index is 10.5. The third kappa shape index (κ3) is 3.23. The molecular formula is C7H8BO4P. The zero-order valence-electron chi connectivity index (χ0n) is 6.97. The molecule has 1 aromatic carbocycles. The molecule has 0 unspecified atom stereocenters. The van der Waals surface area contributed by atoms with Crippen LogP contribution in [0, 0.1) is 6.92 Å². The van der Waals surface area contributed by atoms with Gasteiger partial charge < -0.3 is 4.52 Å². The molecule has 0 heterocycles. The number of hydrogen-bond acceptors (Lipinski definition) is 2. The minimum absolute atomic E-state index is 0.141. The van der Waals surface area contributed by atoms with Gasteiger partial charge in [0.2, 0.25) is 0 Å². The SMILES string of the molecule is [B]c1ccc(OP(=O)(O)O)c(C)c1. The Morgan fingerprint density at radius 1 is 1.46 bits per heavy atom. The highest BCUT2D eigenvalue weighted by molar-refractivity contribution is 7.46. The molecule has 0 amide bonds. The molecule has 0 spiro atoms. The van der Waals surface area contributed by atoms with Crippen LogP contribution in [0.15, 0.2) is 18.2 Å². The second kappa shape index (κ2) is 3.54. The van der Waals surface area contributed by atoms with Gasteiger partial charge in [-0.3, -0.25) is 9.79 Å². The molecule has 0 saturated carbocycles. The normalized spacial score (nSPS) is 11.3. The number of benzene rings is 1. The Kier molecular flexibility index (Phi) is 2.81. The monoisotopic (exact) mass is 198 g/mol. The summed E-state index contributed by atoms with van der Waals surface area (Å²) in [5.74, 6) is 0.141. The van der Waals surface area contributed by atoms with Crippen LogP contribution in [0.4, 0.5) is 0 Å². The first-order valence-corrected chi connectivity index (χ1v) is 5.03. The van der Waals surface area contributed by atoms with E-state index in [0.717, 1.165) is 0 Å². The van der Waals surface area contributed by atoms with E-state index in [9.17, 15) is 4.57 Å². The van der Waals surface area contributed by atoms with E-state index in [2.05, 4.69) is 4.52 Å². The van der Waals surface area contributed by atoms with Crippen molar-refractivity contribution in [3.8, 4) is 5.75 Å².